The summed E-state index contributed by atoms with van der Waals surface area (Å²) in [5, 5.41) is 0. The van der Waals surface area contributed by atoms with E-state index in [2.05, 4.69) is 6.92 Å². The van der Waals surface area contributed by atoms with E-state index in [4.69, 9.17) is 4.74 Å². The van der Waals surface area contributed by atoms with Crippen molar-refractivity contribution in [2.24, 2.45) is 0 Å². The molecule has 0 saturated heterocycles. The molecule has 1 aromatic carbocycles. The van der Waals surface area contributed by atoms with Gasteiger partial charge in [-0.25, -0.2) is 0 Å². The molecule has 0 aliphatic heterocycles. The van der Waals surface area contributed by atoms with Crippen LogP contribution in [0, 0.1) is 0 Å². The molecule has 0 fully saturated rings. The van der Waals surface area contributed by atoms with E-state index in [9.17, 15) is 4.79 Å². The number of benzene rings is 1. The minimum atomic E-state index is 0.208. The lowest BCUT2D eigenvalue weighted by Gasteiger charge is -2.20. The fourth-order valence-electron chi connectivity index (χ4n) is 1.96. The van der Waals surface area contributed by atoms with Crippen LogP contribution in [0.1, 0.15) is 39.2 Å². The van der Waals surface area contributed by atoms with Gasteiger partial charge in [-0.1, -0.05) is 25.5 Å². The first-order valence-electron chi connectivity index (χ1n) is 7.20. The Bertz CT molecular complexity index is 373. The molecule has 0 radical (unpaired) electrons. The lowest BCUT2D eigenvalue weighted by molar-refractivity contribution is -0.130. The van der Waals surface area contributed by atoms with Crippen LogP contribution in [0.3, 0.4) is 0 Å². The van der Waals surface area contributed by atoms with E-state index in [1.807, 2.05) is 43.0 Å². The molecule has 0 bridgehead atoms. The second-order valence-corrected chi connectivity index (χ2v) is 4.58. The summed E-state index contributed by atoms with van der Waals surface area (Å²) < 4.78 is 5.39. The number of likely N-dealkylation sites (N-methyl/N-ethyl adjacent to an activating group) is 1. The SMILES string of the molecule is CCCCN(CC)C(=O)Cc1ccc(OCC)cc1. The Kier molecular flexibility index (Phi) is 7.01. The molecular weight excluding hydrogens is 238 g/mol. The molecule has 106 valence electrons. The number of carbonyl (C=O) groups is 1. The van der Waals surface area contributed by atoms with Gasteiger partial charge in [0, 0.05) is 13.1 Å². The highest BCUT2D eigenvalue weighted by molar-refractivity contribution is 5.78. The van der Waals surface area contributed by atoms with Crippen molar-refractivity contribution in [3.8, 4) is 5.75 Å². The van der Waals surface area contributed by atoms with Gasteiger partial charge in [0.1, 0.15) is 5.75 Å². The van der Waals surface area contributed by atoms with Gasteiger partial charge in [0.15, 0.2) is 0 Å². The summed E-state index contributed by atoms with van der Waals surface area (Å²) in [5.74, 6) is 1.07. The van der Waals surface area contributed by atoms with E-state index in [-0.39, 0.29) is 5.91 Å². The summed E-state index contributed by atoms with van der Waals surface area (Å²) in [7, 11) is 0. The van der Waals surface area contributed by atoms with Gasteiger partial charge in [0.25, 0.3) is 0 Å². The maximum atomic E-state index is 12.2. The first-order chi connectivity index (χ1) is 9.21. The number of carbonyl (C=O) groups excluding carboxylic acids is 1. The molecule has 0 heterocycles. The molecular formula is C16H25NO2. The Morgan fingerprint density at radius 1 is 1.16 bits per heavy atom. The number of unbranched alkanes of at least 4 members (excludes halogenated alkanes) is 1. The summed E-state index contributed by atoms with van der Waals surface area (Å²) in [6.07, 6.45) is 2.67. The zero-order chi connectivity index (χ0) is 14.1. The van der Waals surface area contributed by atoms with Gasteiger partial charge >= 0.3 is 0 Å². The second kappa shape index (κ2) is 8.57. The van der Waals surface area contributed by atoms with Crippen molar-refractivity contribution in [3.05, 3.63) is 29.8 Å². The van der Waals surface area contributed by atoms with Crippen LogP contribution >= 0.6 is 0 Å². The molecule has 3 heteroatoms. The van der Waals surface area contributed by atoms with Crippen molar-refractivity contribution in [1.29, 1.82) is 0 Å². The van der Waals surface area contributed by atoms with Gasteiger partial charge < -0.3 is 9.64 Å². The summed E-state index contributed by atoms with van der Waals surface area (Å²) >= 11 is 0. The lowest BCUT2D eigenvalue weighted by atomic mass is 10.1. The third-order valence-corrected chi connectivity index (χ3v) is 3.11. The van der Waals surface area contributed by atoms with Gasteiger partial charge in [0.2, 0.25) is 5.91 Å². The van der Waals surface area contributed by atoms with Crippen molar-refractivity contribution >= 4 is 5.91 Å². The average Bonchev–Trinajstić information content (AvgIpc) is 2.42. The van der Waals surface area contributed by atoms with Crippen LogP contribution in [0.4, 0.5) is 0 Å². The fourth-order valence-corrected chi connectivity index (χ4v) is 1.96. The van der Waals surface area contributed by atoms with E-state index in [0.717, 1.165) is 37.2 Å². The summed E-state index contributed by atoms with van der Waals surface area (Å²) in [6, 6.07) is 7.79. The Balaban J connectivity index is 2.54. The zero-order valence-electron chi connectivity index (χ0n) is 12.3. The molecule has 1 aromatic rings. The number of hydrogen-bond donors (Lipinski definition) is 0. The number of nitrogens with zero attached hydrogens (tertiary/aromatic N) is 1. The Morgan fingerprint density at radius 2 is 1.84 bits per heavy atom. The molecule has 0 atom stereocenters. The summed E-state index contributed by atoms with van der Waals surface area (Å²) in [6.45, 7) is 8.46. The highest BCUT2D eigenvalue weighted by Gasteiger charge is 2.11. The smallest absolute Gasteiger partial charge is 0.226 e. The molecule has 0 aromatic heterocycles. The van der Waals surface area contributed by atoms with Crippen LogP contribution in [0.15, 0.2) is 24.3 Å². The Labute approximate surface area is 116 Å². The third kappa shape index (κ3) is 5.33. The van der Waals surface area contributed by atoms with Crippen molar-refractivity contribution in [1.82, 2.24) is 4.90 Å². The Morgan fingerprint density at radius 3 is 2.37 bits per heavy atom. The zero-order valence-corrected chi connectivity index (χ0v) is 12.3. The van der Waals surface area contributed by atoms with Crippen LogP contribution < -0.4 is 4.74 Å². The van der Waals surface area contributed by atoms with Crippen molar-refractivity contribution in [2.75, 3.05) is 19.7 Å². The van der Waals surface area contributed by atoms with Crippen LogP contribution in [-0.4, -0.2) is 30.5 Å². The topological polar surface area (TPSA) is 29.5 Å². The summed E-state index contributed by atoms with van der Waals surface area (Å²) in [5.41, 5.74) is 1.04. The molecule has 0 unspecified atom stereocenters. The Hall–Kier alpha value is -1.51. The largest absolute Gasteiger partial charge is 0.494 e. The number of rotatable bonds is 8. The molecule has 1 amide bonds. The standard InChI is InChI=1S/C16H25NO2/c1-4-7-12-17(5-2)16(18)13-14-8-10-15(11-9-14)19-6-3/h8-11H,4-7,12-13H2,1-3H3. The molecule has 0 aliphatic carbocycles. The molecule has 0 N–H and O–H groups in total. The van der Waals surface area contributed by atoms with E-state index in [0.29, 0.717) is 13.0 Å². The number of hydrogen-bond acceptors (Lipinski definition) is 2. The van der Waals surface area contributed by atoms with Gasteiger partial charge in [-0.15, -0.1) is 0 Å². The predicted molar refractivity (Wildman–Crippen MR) is 78.5 cm³/mol. The van der Waals surface area contributed by atoms with Gasteiger partial charge in [0.05, 0.1) is 13.0 Å². The summed E-state index contributed by atoms with van der Waals surface area (Å²) in [4.78, 5) is 14.1. The maximum Gasteiger partial charge on any atom is 0.226 e. The normalized spacial score (nSPS) is 10.3. The molecule has 0 aliphatic rings. The van der Waals surface area contributed by atoms with E-state index in [1.165, 1.54) is 0 Å². The minimum absolute atomic E-state index is 0.208. The predicted octanol–water partition coefficient (Wildman–Crippen LogP) is 3.28. The van der Waals surface area contributed by atoms with E-state index in [1.54, 1.807) is 0 Å². The minimum Gasteiger partial charge on any atom is -0.494 e. The molecule has 0 saturated carbocycles. The van der Waals surface area contributed by atoms with E-state index < -0.39 is 0 Å². The van der Waals surface area contributed by atoms with E-state index >= 15 is 0 Å². The van der Waals surface area contributed by atoms with Crippen LogP contribution in [0.25, 0.3) is 0 Å². The monoisotopic (exact) mass is 263 g/mol. The highest BCUT2D eigenvalue weighted by atomic mass is 16.5. The molecule has 19 heavy (non-hydrogen) atoms. The van der Waals surface area contributed by atoms with Crippen molar-refractivity contribution in [2.45, 2.75) is 40.0 Å². The number of ether oxygens (including phenoxy) is 1. The number of amides is 1. The van der Waals surface area contributed by atoms with Crippen LogP contribution in [0.5, 0.6) is 5.75 Å². The molecule has 3 nitrogen and oxygen atoms in total. The fraction of sp³-hybridized carbons (Fsp3) is 0.562. The maximum absolute atomic E-state index is 12.2. The second-order valence-electron chi connectivity index (χ2n) is 4.58. The van der Waals surface area contributed by atoms with Crippen LogP contribution in [-0.2, 0) is 11.2 Å². The van der Waals surface area contributed by atoms with Crippen molar-refractivity contribution in [3.63, 3.8) is 0 Å². The van der Waals surface area contributed by atoms with Crippen molar-refractivity contribution < 1.29 is 9.53 Å². The van der Waals surface area contributed by atoms with Gasteiger partial charge in [-0.2, -0.15) is 0 Å². The first-order valence-corrected chi connectivity index (χ1v) is 7.20. The van der Waals surface area contributed by atoms with Crippen LogP contribution in [0.2, 0.25) is 0 Å². The third-order valence-electron chi connectivity index (χ3n) is 3.11. The molecule has 1 rings (SSSR count). The van der Waals surface area contributed by atoms with Gasteiger partial charge in [-0.3, -0.25) is 4.79 Å². The molecule has 0 spiro atoms. The average molecular weight is 263 g/mol. The quantitative estimate of drug-likeness (QED) is 0.720. The first kappa shape index (κ1) is 15.5. The highest BCUT2D eigenvalue weighted by Crippen LogP contribution is 2.13. The lowest BCUT2D eigenvalue weighted by Crippen LogP contribution is -2.32. The van der Waals surface area contributed by atoms with Gasteiger partial charge in [-0.05, 0) is 38.0 Å².